The molecule has 1 N–H and O–H groups in total. The van der Waals surface area contributed by atoms with E-state index < -0.39 is 6.10 Å². The maximum atomic E-state index is 9.57. The van der Waals surface area contributed by atoms with Gasteiger partial charge in [0.2, 0.25) is 0 Å². The van der Waals surface area contributed by atoms with Crippen molar-refractivity contribution in [3.05, 3.63) is 18.6 Å². The summed E-state index contributed by atoms with van der Waals surface area (Å²) in [4.78, 5) is 8.03. The van der Waals surface area contributed by atoms with Gasteiger partial charge in [-0.25, -0.2) is 4.98 Å². The predicted molar refractivity (Wildman–Crippen MR) is 61.5 cm³/mol. The first kappa shape index (κ1) is 13.4. The topological polar surface area (TPSA) is 64.5 Å². The zero-order valence-electron chi connectivity index (χ0n) is 9.20. The van der Waals surface area contributed by atoms with E-state index in [9.17, 15) is 5.11 Å². The maximum Gasteiger partial charge on any atom is 0.114 e. The fourth-order valence-corrected chi connectivity index (χ4v) is 1.68. The van der Waals surface area contributed by atoms with Crippen molar-refractivity contribution in [3.63, 3.8) is 0 Å². The molecule has 6 heteroatoms. The fourth-order valence-electron chi connectivity index (χ4n) is 0.951. The summed E-state index contributed by atoms with van der Waals surface area (Å²) >= 11 is 1.46. The smallest absolute Gasteiger partial charge is 0.114 e. The molecule has 1 heterocycles. The highest BCUT2D eigenvalue weighted by Crippen LogP contribution is 2.13. The van der Waals surface area contributed by atoms with Gasteiger partial charge in [-0.15, -0.1) is 11.8 Å². The molecule has 0 aliphatic heterocycles. The zero-order chi connectivity index (χ0) is 11.6. The van der Waals surface area contributed by atoms with Gasteiger partial charge in [0.15, 0.2) is 0 Å². The summed E-state index contributed by atoms with van der Waals surface area (Å²) in [6.45, 7) is 1.37. The monoisotopic (exact) mass is 244 g/mol. The van der Waals surface area contributed by atoms with E-state index in [1.54, 1.807) is 25.7 Å². The van der Waals surface area contributed by atoms with Crippen molar-refractivity contribution in [2.45, 2.75) is 11.1 Å². The average Bonchev–Trinajstić information content (AvgIpc) is 2.33. The lowest BCUT2D eigenvalue weighted by atomic mass is 10.4. The van der Waals surface area contributed by atoms with Crippen LogP contribution in [-0.4, -0.2) is 53.9 Å². The first-order chi connectivity index (χ1) is 7.83. The van der Waals surface area contributed by atoms with Gasteiger partial charge in [0.1, 0.15) is 5.03 Å². The summed E-state index contributed by atoms with van der Waals surface area (Å²) in [6, 6.07) is 0. The van der Waals surface area contributed by atoms with Crippen LogP contribution >= 0.6 is 11.8 Å². The Labute approximate surface area is 99.2 Å². The molecule has 0 aliphatic rings. The fraction of sp³-hybridized carbons (Fsp3) is 0.600. The van der Waals surface area contributed by atoms with Gasteiger partial charge < -0.3 is 14.6 Å². The molecule has 90 valence electrons. The lowest BCUT2D eigenvalue weighted by Crippen LogP contribution is -2.19. The van der Waals surface area contributed by atoms with Crippen LogP contribution in [0.4, 0.5) is 0 Å². The standard InChI is InChI=1S/C10H16N2O3S/c1-14-4-5-15-7-9(13)8-16-10-6-11-2-3-12-10/h2-3,6,9,13H,4-5,7-8H2,1H3. The Kier molecular flexibility index (Phi) is 7.07. The van der Waals surface area contributed by atoms with Crippen LogP contribution in [0.15, 0.2) is 23.6 Å². The molecule has 0 amide bonds. The maximum absolute atomic E-state index is 9.57. The first-order valence-corrected chi connectivity index (χ1v) is 5.95. The van der Waals surface area contributed by atoms with Gasteiger partial charge in [0.25, 0.3) is 0 Å². The van der Waals surface area contributed by atoms with E-state index >= 15 is 0 Å². The van der Waals surface area contributed by atoms with Gasteiger partial charge in [-0.05, 0) is 0 Å². The molecule has 0 fully saturated rings. The average molecular weight is 244 g/mol. The Morgan fingerprint density at radius 3 is 3.00 bits per heavy atom. The minimum Gasteiger partial charge on any atom is -0.390 e. The number of aliphatic hydroxyl groups is 1. The normalized spacial score (nSPS) is 12.6. The Morgan fingerprint density at radius 2 is 2.31 bits per heavy atom. The third kappa shape index (κ3) is 6.02. The highest BCUT2D eigenvalue weighted by molar-refractivity contribution is 7.99. The van der Waals surface area contributed by atoms with Crippen molar-refractivity contribution < 1.29 is 14.6 Å². The van der Waals surface area contributed by atoms with Gasteiger partial charge in [-0.1, -0.05) is 0 Å². The number of aromatic nitrogens is 2. The van der Waals surface area contributed by atoms with Crippen LogP contribution in [0.2, 0.25) is 0 Å². The molecule has 1 aromatic heterocycles. The van der Waals surface area contributed by atoms with Crippen LogP contribution in [0.3, 0.4) is 0 Å². The Morgan fingerprint density at radius 1 is 1.44 bits per heavy atom. The second-order valence-electron chi connectivity index (χ2n) is 3.08. The van der Waals surface area contributed by atoms with E-state index in [1.165, 1.54) is 11.8 Å². The van der Waals surface area contributed by atoms with E-state index in [4.69, 9.17) is 9.47 Å². The number of aliphatic hydroxyl groups excluding tert-OH is 1. The molecule has 1 atom stereocenters. The van der Waals surface area contributed by atoms with Gasteiger partial charge in [-0.2, -0.15) is 0 Å². The first-order valence-electron chi connectivity index (χ1n) is 4.96. The van der Waals surface area contributed by atoms with E-state index in [1.807, 2.05) is 0 Å². The highest BCUT2D eigenvalue weighted by atomic mass is 32.2. The molecule has 0 aliphatic carbocycles. The molecule has 0 radical (unpaired) electrons. The molecule has 1 rings (SSSR count). The number of ether oxygens (including phenoxy) is 2. The summed E-state index contributed by atoms with van der Waals surface area (Å²) in [6.07, 6.45) is 4.42. The zero-order valence-corrected chi connectivity index (χ0v) is 10.0. The minimum atomic E-state index is -0.496. The van der Waals surface area contributed by atoms with Crippen LogP contribution in [-0.2, 0) is 9.47 Å². The Bertz CT molecular complexity index is 274. The van der Waals surface area contributed by atoms with Gasteiger partial charge in [-0.3, -0.25) is 4.98 Å². The van der Waals surface area contributed by atoms with Crippen molar-refractivity contribution >= 4 is 11.8 Å². The summed E-state index contributed by atoms with van der Waals surface area (Å²) < 4.78 is 10.0. The van der Waals surface area contributed by atoms with Crippen molar-refractivity contribution in [1.82, 2.24) is 9.97 Å². The van der Waals surface area contributed by atoms with Gasteiger partial charge >= 0.3 is 0 Å². The quantitative estimate of drug-likeness (QED) is 0.533. The highest BCUT2D eigenvalue weighted by Gasteiger charge is 2.05. The SMILES string of the molecule is COCCOCC(O)CSc1cnccn1. The van der Waals surface area contributed by atoms with E-state index in [0.29, 0.717) is 25.6 Å². The van der Waals surface area contributed by atoms with Gasteiger partial charge in [0.05, 0.1) is 32.1 Å². The molecular formula is C10H16N2O3S. The Hall–Kier alpha value is -0.690. The molecule has 0 saturated carbocycles. The lowest BCUT2D eigenvalue weighted by molar-refractivity contribution is 0.0218. The largest absolute Gasteiger partial charge is 0.390 e. The third-order valence-corrected chi connectivity index (χ3v) is 2.76. The van der Waals surface area contributed by atoms with Crippen LogP contribution in [0.25, 0.3) is 0 Å². The predicted octanol–water partition coefficient (Wildman–Crippen LogP) is 0.593. The second-order valence-corrected chi connectivity index (χ2v) is 4.12. The summed E-state index contributed by atoms with van der Waals surface area (Å²) in [5.41, 5.74) is 0. The molecule has 0 spiro atoms. The number of hydrogen-bond acceptors (Lipinski definition) is 6. The number of nitrogens with zero attached hydrogens (tertiary/aromatic N) is 2. The minimum absolute atomic E-state index is 0.316. The number of methoxy groups -OCH3 is 1. The number of rotatable bonds is 8. The summed E-state index contributed by atoms with van der Waals surface area (Å²) in [7, 11) is 1.61. The molecule has 0 aromatic carbocycles. The van der Waals surface area contributed by atoms with Crippen LogP contribution < -0.4 is 0 Å². The van der Waals surface area contributed by atoms with E-state index in [0.717, 1.165) is 5.03 Å². The van der Waals surface area contributed by atoms with Crippen molar-refractivity contribution in [1.29, 1.82) is 0 Å². The molecule has 1 unspecified atom stereocenters. The summed E-state index contributed by atoms with van der Waals surface area (Å²) in [5, 5.41) is 10.4. The van der Waals surface area contributed by atoms with Crippen LogP contribution in [0.1, 0.15) is 0 Å². The van der Waals surface area contributed by atoms with E-state index in [-0.39, 0.29) is 0 Å². The lowest BCUT2D eigenvalue weighted by Gasteiger charge is -2.10. The molecule has 1 aromatic rings. The van der Waals surface area contributed by atoms with Crippen LogP contribution in [0.5, 0.6) is 0 Å². The Balaban J connectivity index is 2.08. The number of thioether (sulfide) groups is 1. The van der Waals surface area contributed by atoms with Gasteiger partial charge in [0, 0.05) is 25.3 Å². The number of hydrogen-bond donors (Lipinski definition) is 1. The second kappa shape index (κ2) is 8.46. The van der Waals surface area contributed by atoms with Crippen molar-refractivity contribution in [2.24, 2.45) is 0 Å². The molecule has 0 saturated heterocycles. The molecular weight excluding hydrogens is 228 g/mol. The third-order valence-electron chi connectivity index (χ3n) is 1.71. The van der Waals surface area contributed by atoms with Crippen molar-refractivity contribution in [2.75, 3.05) is 32.7 Å². The van der Waals surface area contributed by atoms with Crippen molar-refractivity contribution in [3.8, 4) is 0 Å². The molecule has 16 heavy (non-hydrogen) atoms. The summed E-state index contributed by atoms with van der Waals surface area (Å²) in [5.74, 6) is 0.547. The van der Waals surface area contributed by atoms with Crippen LogP contribution in [0, 0.1) is 0 Å². The molecule has 0 bridgehead atoms. The van der Waals surface area contributed by atoms with E-state index in [2.05, 4.69) is 9.97 Å². The molecule has 5 nitrogen and oxygen atoms in total.